The van der Waals surface area contributed by atoms with E-state index in [1.54, 1.807) is 0 Å². The van der Waals surface area contributed by atoms with Crippen molar-refractivity contribution in [1.82, 2.24) is 0 Å². The molecule has 0 fully saturated rings. The molecule has 72 valence electrons. The molecule has 0 unspecified atom stereocenters. The van der Waals surface area contributed by atoms with Crippen LogP contribution in [0.4, 0.5) is 13.2 Å². The Morgan fingerprint density at radius 3 is 2.79 bits per heavy atom. The lowest BCUT2D eigenvalue weighted by molar-refractivity contribution is 0.151. The Morgan fingerprint density at radius 1 is 1.29 bits per heavy atom. The number of alkyl halides is 2. The van der Waals surface area contributed by atoms with E-state index in [0.29, 0.717) is 29.1 Å². The quantitative estimate of drug-likeness (QED) is 0.675. The summed E-state index contributed by atoms with van der Waals surface area (Å²) in [5, 5.41) is 0. The van der Waals surface area contributed by atoms with E-state index in [9.17, 15) is 13.2 Å². The first kappa shape index (κ1) is 7.91. The summed E-state index contributed by atoms with van der Waals surface area (Å²) in [7, 11) is 0. The van der Waals surface area contributed by atoms with Crippen LogP contribution in [0, 0.1) is 5.82 Å². The Balaban J connectivity index is 2.15. The molecule has 0 aromatic heterocycles. The predicted octanol–water partition coefficient (Wildman–Crippen LogP) is 3.02. The second-order valence-corrected chi connectivity index (χ2v) is 3.37. The molecule has 1 aromatic rings. The Kier molecular flexibility index (Phi) is 1.31. The van der Waals surface area contributed by atoms with Crippen molar-refractivity contribution in [3.8, 4) is 0 Å². The number of fused-ring (bicyclic) bond motifs is 2. The van der Waals surface area contributed by atoms with E-state index >= 15 is 0 Å². The van der Waals surface area contributed by atoms with Crippen molar-refractivity contribution >= 4 is 5.76 Å². The van der Waals surface area contributed by atoms with Crippen LogP contribution in [0.2, 0.25) is 0 Å². The van der Waals surface area contributed by atoms with Gasteiger partial charge in [0.25, 0.3) is 6.43 Å². The van der Waals surface area contributed by atoms with Crippen LogP contribution in [0.15, 0.2) is 17.9 Å². The van der Waals surface area contributed by atoms with Crippen molar-refractivity contribution in [3.63, 3.8) is 0 Å². The minimum atomic E-state index is -2.62. The number of hydrogen-bond acceptors (Lipinski definition) is 1. The van der Waals surface area contributed by atoms with Crippen LogP contribution in [0.5, 0.6) is 0 Å². The molecule has 14 heavy (non-hydrogen) atoms. The molecule has 4 heteroatoms. The fourth-order valence-corrected chi connectivity index (χ4v) is 1.78. The van der Waals surface area contributed by atoms with Crippen molar-refractivity contribution in [2.24, 2.45) is 0 Å². The second kappa shape index (κ2) is 2.32. The third kappa shape index (κ3) is 0.908. The van der Waals surface area contributed by atoms with Gasteiger partial charge in [0.15, 0.2) is 11.5 Å². The van der Waals surface area contributed by atoms with Gasteiger partial charge in [-0.05, 0) is 17.7 Å². The molecule has 0 bridgehead atoms. The maximum absolute atomic E-state index is 13.3. The van der Waals surface area contributed by atoms with Gasteiger partial charge in [-0.3, -0.25) is 0 Å². The molecular formula is C10H5F3O. The highest BCUT2D eigenvalue weighted by Gasteiger charge is 2.38. The normalized spacial score (nSPS) is 16.9. The van der Waals surface area contributed by atoms with Gasteiger partial charge in [-0.1, -0.05) is 0 Å². The van der Waals surface area contributed by atoms with Gasteiger partial charge in [0.1, 0.15) is 5.82 Å². The monoisotopic (exact) mass is 198 g/mol. The van der Waals surface area contributed by atoms with Gasteiger partial charge in [-0.2, -0.15) is 0 Å². The third-order valence-electron chi connectivity index (χ3n) is 2.46. The summed E-state index contributed by atoms with van der Waals surface area (Å²) in [4.78, 5) is 0. The zero-order valence-corrected chi connectivity index (χ0v) is 6.98. The van der Waals surface area contributed by atoms with E-state index in [-0.39, 0.29) is 5.56 Å². The molecule has 3 rings (SSSR count). The van der Waals surface area contributed by atoms with Gasteiger partial charge >= 0.3 is 0 Å². The minimum absolute atomic E-state index is 0.260. The maximum Gasteiger partial charge on any atom is 0.263 e. The molecule has 1 heterocycles. The van der Waals surface area contributed by atoms with Gasteiger partial charge in [0.05, 0.1) is 5.56 Å². The third-order valence-corrected chi connectivity index (χ3v) is 2.46. The van der Waals surface area contributed by atoms with E-state index in [1.807, 2.05) is 0 Å². The van der Waals surface area contributed by atoms with E-state index in [1.165, 1.54) is 6.07 Å². The minimum Gasteiger partial charge on any atom is -0.453 e. The Morgan fingerprint density at radius 2 is 2.07 bits per heavy atom. The molecule has 0 spiro atoms. The summed E-state index contributed by atoms with van der Waals surface area (Å²) in [5.41, 5.74) is 0.713. The van der Waals surface area contributed by atoms with Gasteiger partial charge in [-0.25, -0.2) is 13.2 Å². The van der Waals surface area contributed by atoms with Gasteiger partial charge in [0.2, 0.25) is 0 Å². The number of rotatable bonds is 1. The molecular weight excluding hydrogens is 193 g/mol. The summed E-state index contributed by atoms with van der Waals surface area (Å²) in [6, 6.07) is 2.22. The maximum atomic E-state index is 13.3. The van der Waals surface area contributed by atoms with Crippen molar-refractivity contribution in [3.05, 3.63) is 40.4 Å². The molecule has 0 amide bonds. The highest BCUT2D eigenvalue weighted by Crippen LogP contribution is 2.48. The number of hydrogen-bond donors (Lipinski definition) is 0. The molecule has 2 aliphatic rings. The second-order valence-electron chi connectivity index (χ2n) is 3.37. The Bertz CT molecular complexity index is 463. The average Bonchev–Trinajstić information content (AvgIpc) is 2.76. The Hall–Kier alpha value is -1.45. The van der Waals surface area contributed by atoms with Gasteiger partial charge in [0, 0.05) is 12.0 Å². The predicted molar refractivity (Wildman–Crippen MR) is 43.1 cm³/mol. The number of ether oxygens (including phenoxy) is 1. The van der Waals surface area contributed by atoms with Crippen molar-refractivity contribution in [1.29, 1.82) is 0 Å². The molecule has 0 N–H and O–H groups in total. The van der Waals surface area contributed by atoms with Crippen LogP contribution in [-0.2, 0) is 11.2 Å². The standard InChI is InChI=1S/C10H5F3O/c11-6-2-5(10(12)13)1-4-3-7-9(14-7)8(4)6/h1-2,10H,3H2. The van der Waals surface area contributed by atoms with E-state index in [4.69, 9.17) is 4.74 Å². The number of allylic oxidation sites excluding steroid dienone is 1. The molecule has 0 atom stereocenters. The van der Waals surface area contributed by atoms with Crippen LogP contribution >= 0.6 is 0 Å². The zero-order chi connectivity index (χ0) is 9.87. The summed E-state index contributed by atoms with van der Waals surface area (Å²) in [6.07, 6.45) is -2.18. The van der Waals surface area contributed by atoms with Crippen LogP contribution in [0.1, 0.15) is 23.1 Å². The lowest BCUT2D eigenvalue weighted by atomic mass is 10.0. The SMILES string of the molecule is Fc1cc(C(F)F)cc2c1C1=C(C2)O1. The largest absolute Gasteiger partial charge is 0.453 e. The van der Waals surface area contributed by atoms with E-state index in [0.717, 1.165) is 6.07 Å². The lowest BCUT2D eigenvalue weighted by Gasteiger charge is -2.07. The first-order chi connectivity index (χ1) is 6.66. The first-order valence-corrected chi connectivity index (χ1v) is 4.18. The van der Waals surface area contributed by atoms with Crippen molar-refractivity contribution < 1.29 is 17.9 Å². The fraction of sp³-hybridized carbons (Fsp3) is 0.200. The summed E-state index contributed by atoms with van der Waals surface area (Å²) < 4.78 is 42.9. The summed E-state index contributed by atoms with van der Waals surface area (Å²) in [6.45, 7) is 0. The fourth-order valence-electron chi connectivity index (χ4n) is 1.78. The molecule has 1 aliphatic carbocycles. The highest BCUT2D eigenvalue weighted by atomic mass is 19.3. The van der Waals surface area contributed by atoms with Crippen LogP contribution < -0.4 is 0 Å². The van der Waals surface area contributed by atoms with Gasteiger partial charge in [-0.15, -0.1) is 0 Å². The summed E-state index contributed by atoms with van der Waals surface area (Å²) in [5.74, 6) is 0.643. The highest BCUT2D eigenvalue weighted by molar-refractivity contribution is 5.80. The number of halogens is 3. The molecule has 1 nitrogen and oxygen atoms in total. The van der Waals surface area contributed by atoms with E-state index < -0.39 is 12.2 Å². The smallest absolute Gasteiger partial charge is 0.263 e. The van der Waals surface area contributed by atoms with E-state index in [2.05, 4.69) is 0 Å². The molecule has 0 saturated heterocycles. The van der Waals surface area contributed by atoms with Gasteiger partial charge < -0.3 is 4.74 Å². The first-order valence-electron chi connectivity index (χ1n) is 4.18. The van der Waals surface area contributed by atoms with Crippen LogP contribution in [-0.4, -0.2) is 0 Å². The molecule has 0 radical (unpaired) electrons. The summed E-state index contributed by atoms with van der Waals surface area (Å²) >= 11 is 0. The lowest BCUT2D eigenvalue weighted by Crippen LogP contribution is -1.97. The molecule has 1 aromatic carbocycles. The molecule has 1 aliphatic heterocycles. The van der Waals surface area contributed by atoms with Crippen LogP contribution in [0.25, 0.3) is 5.76 Å². The van der Waals surface area contributed by atoms with Crippen molar-refractivity contribution in [2.75, 3.05) is 0 Å². The zero-order valence-electron chi connectivity index (χ0n) is 6.98. The Labute approximate surface area is 77.8 Å². The number of benzene rings is 1. The molecule has 0 saturated carbocycles. The topological polar surface area (TPSA) is 12.5 Å². The van der Waals surface area contributed by atoms with Crippen LogP contribution in [0.3, 0.4) is 0 Å². The average molecular weight is 198 g/mol. The van der Waals surface area contributed by atoms with Crippen molar-refractivity contribution in [2.45, 2.75) is 12.8 Å².